The molecule has 0 aliphatic rings. The van der Waals surface area contributed by atoms with Crippen LogP contribution in [0.1, 0.15) is 20.7 Å². The zero-order chi connectivity index (χ0) is 10.0. The van der Waals surface area contributed by atoms with Gasteiger partial charge < -0.3 is 10.8 Å². The SMILES string of the molecule is NC(=O)c1c(Cl)cccc1C(=O)O. The van der Waals surface area contributed by atoms with Crippen LogP contribution in [-0.2, 0) is 0 Å². The number of hydrogen-bond donors (Lipinski definition) is 2. The number of carbonyl (C=O) groups excluding carboxylic acids is 1. The lowest BCUT2D eigenvalue weighted by molar-refractivity contribution is 0.0692. The zero-order valence-electron chi connectivity index (χ0n) is 6.45. The van der Waals surface area contributed by atoms with Crippen LogP contribution >= 0.6 is 11.6 Å². The van der Waals surface area contributed by atoms with Crippen LogP contribution in [0.15, 0.2) is 18.2 Å². The molecule has 0 saturated heterocycles. The van der Waals surface area contributed by atoms with E-state index in [1.54, 1.807) is 0 Å². The second kappa shape index (κ2) is 3.45. The molecule has 3 N–H and O–H groups in total. The van der Waals surface area contributed by atoms with E-state index in [2.05, 4.69) is 0 Å². The van der Waals surface area contributed by atoms with Crippen LogP contribution < -0.4 is 5.73 Å². The number of aromatic carboxylic acids is 1. The van der Waals surface area contributed by atoms with Gasteiger partial charge in [-0.3, -0.25) is 4.79 Å². The van der Waals surface area contributed by atoms with Gasteiger partial charge in [-0.05, 0) is 12.1 Å². The third-order valence-electron chi connectivity index (χ3n) is 1.49. The van der Waals surface area contributed by atoms with Gasteiger partial charge in [-0.25, -0.2) is 4.79 Å². The number of nitrogens with two attached hydrogens (primary N) is 1. The molecule has 1 aromatic carbocycles. The summed E-state index contributed by atoms with van der Waals surface area (Å²) in [7, 11) is 0. The third kappa shape index (κ3) is 1.78. The van der Waals surface area contributed by atoms with E-state index < -0.39 is 11.9 Å². The Morgan fingerprint density at radius 3 is 2.38 bits per heavy atom. The maximum Gasteiger partial charge on any atom is 0.336 e. The van der Waals surface area contributed by atoms with Gasteiger partial charge in [0.25, 0.3) is 5.91 Å². The number of amides is 1. The molecule has 4 nitrogen and oxygen atoms in total. The fraction of sp³-hybridized carbons (Fsp3) is 0. The summed E-state index contributed by atoms with van der Waals surface area (Å²) in [6.07, 6.45) is 0. The van der Waals surface area contributed by atoms with Crippen molar-refractivity contribution < 1.29 is 14.7 Å². The summed E-state index contributed by atoms with van der Waals surface area (Å²) < 4.78 is 0. The summed E-state index contributed by atoms with van der Waals surface area (Å²) in [6, 6.07) is 4.13. The standard InChI is InChI=1S/C8H6ClNO3/c9-5-3-1-2-4(8(12)13)6(5)7(10)11/h1-3H,(H2,10,11)(H,12,13). The first kappa shape index (κ1) is 9.54. The summed E-state index contributed by atoms with van der Waals surface area (Å²) in [5, 5.41) is 8.72. The van der Waals surface area contributed by atoms with Gasteiger partial charge in [0.1, 0.15) is 0 Å². The second-order valence-electron chi connectivity index (χ2n) is 2.33. The van der Waals surface area contributed by atoms with Crippen LogP contribution in [0, 0.1) is 0 Å². The number of halogens is 1. The van der Waals surface area contributed by atoms with Crippen LogP contribution in [0.5, 0.6) is 0 Å². The van der Waals surface area contributed by atoms with E-state index in [-0.39, 0.29) is 16.1 Å². The van der Waals surface area contributed by atoms with Crippen molar-refractivity contribution in [2.45, 2.75) is 0 Å². The van der Waals surface area contributed by atoms with Gasteiger partial charge in [-0.15, -0.1) is 0 Å². The smallest absolute Gasteiger partial charge is 0.336 e. The fourth-order valence-electron chi connectivity index (χ4n) is 0.953. The molecule has 0 fully saturated rings. The van der Waals surface area contributed by atoms with Gasteiger partial charge in [0.05, 0.1) is 16.1 Å². The molecule has 5 heteroatoms. The molecule has 0 bridgehead atoms. The summed E-state index contributed by atoms with van der Waals surface area (Å²) >= 11 is 5.60. The lowest BCUT2D eigenvalue weighted by atomic mass is 10.1. The van der Waals surface area contributed by atoms with Crippen molar-refractivity contribution in [3.05, 3.63) is 34.3 Å². The Balaban J connectivity index is 3.43. The maximum absolute atomic E-state index is 10.8. The van der Waals surface area contributed by atoms with E-state index in [9.17, 15) is 9.59 Å². The summed E-state index contributed by atoms with van der Waals surface area (Å²) in [5.41, 5.74) is 4.63. The predicted molar refractivity (Wildman–Crippen MR) is 46.9 cm³/mol. The molecule has 1 rings (SSSR count). The zero-order valence-corrected chi connectivity index (χ0v) is 7.21. The first-order valence-electron chi connectivity index (χ1n) is 3.35. The van der Waals surface area contributed by atoms with Crippen molar-refractivity contribution >= 4 is 23.5 Å². The lowest BCUT2D eigenvalue weighted by Gasteiger charge is -2.02. The van der Waals surface area contributed by atoms with E-state index in [0.717, 1.165) is 0 Å². The van der Waals surface area contributed by atoms with Crippen LogP contribution in [0.2, 0.25) is 5.02 Å². The molecular weight excluding hydrogens is 194 g/mol. The Morgan fingerprint density at radius 2 is 2.00 bits per heavy atom. The van der Waals surface area contributed by atoms with Crippen molar-refractivity contribution in [1.82, 2.24) is 0 Å². The quantitative estimate of drug-likeness (QED) is 0.750. The number of carboxylic acid groups (broad SMARTS) is 1. The molecule has 0 aliphatic heterocycles. The number of benzene rings is 1. The van der Waals surface area contributed by atoms with E-state index in [0.29, 0.717) is 0 Å². The van der Waals surface area contributed by atoms with E-state index in [4.69, 9.17) is 22.4 Å². The summed E-state index contributed by atoms with van der Waals surface area (Å²) in [4.78, 5) is 21.4. The van der Waals surface area contributed by atoms with Crippen molar-refractivity contribution in [3.63, 3.8) is 0 Å². The number of hydrogen-bond acceptors (Lipinski definition) is 2. The van der Waals surface area contributed by atoms with Gasteiger partial charge in [-0.2, -0.15) is 0 Å². The number of rotatable bonds is 2. The van der Waals surface area contributed by atoms with Gasteiger partial charge in [0.2, 0.25) is 0 Å². The van der Waals surface area contributed by atoms with Crippen molar-refractivity contribution in [2.75, 3.05) is 0 Å². The fourth-order valence-corrected chi connectivity index (χ4v) is 1.22. The Kier molecular flexibility index (Phi) is 2.53. The Bertz CT molecular complexity index is 376. The van der Waals surface area contributed by atoms with E-state index >= 15 is 0 Å². The molecule has 0 atom stereocenters. The molecule has 68 valence electrons. The highest BCUT2D eigenvalue weighted by molar-refractivity contribution is 6.34. The molecule has 0 unspecified atom stereocenters. The van der Waals surface area contributed by atoms with Crippen molar-refractivity contribution in [3.8, 4) is 0 Å². The lowest BCUT2D eigenvalue weighted by Crippen LogP contribution is -2.16. The molecule has 0 saturated carbocycles. The minimum atomic E-state index is -1.23. The Labute approximate surface area is 78.9 Å². The number of carboxylic acids is 1. The van der Waals surface area contributed by atoms with Crippen molar-refractivity contribution in [1.29, 1.82) is 0 Å². The molecule has 1 aromatic rings. The van der Waals surface area contributed by atoms with Crippen molar-refractivity contribution in [2.24, 2.45) is 5.73 Å². The molecule has 0 spiro atoms. The molecule has 0 aromatic heterocycles. The topological polar surface area (TPSA) is 80.4 Å². The highest BCUT2D eigenvalue weighted by Crippen LogP contribution is 2.19. The highest BCUT2D eigenvalue weighted by atomic mass is 35.5. The first-order valence-corrected chi connectivity index (χ1v) is 3.73. The Morgan fingerprint density at radius 1 is 1.38 bits per heavy atom. The third-order valence-corrected chi connectivity index (χ3v) is 1.81. The average molecular weight is 200 g/mol. The molecule has 1 amide bonds. The summed E-state index contributed by atoms with van der Waals surface area (Å²) in [6.45, 7) is 0. The minimum Gasteiger partial charge on any atom is -0.478 e. The van der Waals surface area contributed by atoms with Gasteiger partial charge in [-0.1, -0.05) is 17.7 Å². The molecule has 0 heterocycles. The number of carbonyl (C=O) groups is 2. The van der Waals surface area contributed by atoms with E-state index in [1.807, 2.05) is 0 Å². The maximum atomic E-state index is 10.8. The van der Waals surface area contributed by atoms with Gasteiger partial charge >= 0.3 is 5.97 Å². The summed E-state index contributed by atoms with van der Waals surface area (Å²) in [5.74, 6) is -2.07. The van der Waals surface area contributed by atoms with Crippen LogP contribution in [-0.4, -0.2) is 17.0 Å². The molecule has 0 radical (unpaired) electrons. The van der Waals surface area contributed by atoms with Gasteiger partial charge in [0, 0.05) is 0 Å². The number of primary amides is 1. The minimum absolute atomic E-state index is 0.0485. The van der Waals surface area contributed by atoms with Gasteiger partial charge in [0.15, 0.2) is 0 Å². The molecular formula is C8H6ClNO3. The van der Waals surface area contributed by atoms with E-state index in [1.165, 1.54) is 18.2 Å². The second-order valence-corrected chi connectivity index (χ2v) is 2.74. The normalized spacial score (nSPS) is 9.62. The first-order chi connectivity index (χ1) is 6.04. The Hall–Kier alpha value is -1.55. The predicted octanol–water partition coefficient (Wildman–Crippen LogP) is 1.14. The monoisotopic (exact) mass is 199 g/mol. The average Bonchev–Trinajstić information content (AvgIpc) is 2.02. The van der Waals surface area contributed by atoms with Crippen LogP contribution in [0.4, 0.5) is 0 Å². The molecule has 13 heavy (non-hydrogen) atoms. The van der Waals surface area contributed by atoms with Crippen LogP contribution in [0.25, 0.3) is 0 Å². The van der Waals surface area contributed by atoms with Crippen LogP contribution in [0.3, 0.4) is 0 Å². The highest BCUT2D eigenvalue weighted by Gasteiger charge is 2.16. The molecule has 0 aliphatic carbocycles. The largest absolute Gasteiger partial charge is 0.478 e.